The highest BCUT2D eigenvalue weighted by Gasteiger charge is 2.05. The number of thiophene rings is 1. The van der Waals surface area contributed by atoms with E-state index >= 15 is 0 Å². The number of nitrogens with two attached hydrogens (primary N) is 1. The number of thioether (sulfide) groups is 1. The topological polar surface area (TPSA) is 55.1 Å². The van der Waals surface area contributed by atoms with Crippen LogP contribution in [0.2, 0.25) is 0 Å². The second kappa shape index (κ2) is 6.93. The van der Waals surface area contributed by atoms with Gasteiger partial charge in [-0.3, -0.25) is 4.79 Å². The van der Waals surface area contributed by atoms with E-state index in [1.165, 1.54) is 5.75 Å². The molecule has 5 heteroatoms. The van der Waals surface area contributed by atoms with Crippen LogP contribution >= 0.6 is 23.1 Å². The van der Waals surface area contributed by atoms with Crippen LogP contribution in [0.25, 0.3) is 0 Å². The first-order valence-electron chi connectivity index (χ1n) is 5.20. The molecule has 1 atom stereocenters. The molecule has 0 bridgehead atoms. The van der Waals surface area contributed by atoms with Gasteiger partial charge in [-0.2, -0.15) is 11.8 Å². The molecule has 1 rings (SSSR count). The smallest absolute Gasteiger partial charge is 0.249 e. The summed E-state index contributed by atoms with van der Waals surface area (Å²) in [5.41, 5.74) is 5.80. The van der Waals surface area contributed by atoms with Crippen LogP contribution in [0.15, 0.2) is 11.4 Å². The summed E-state index contributed by atoms with van der Waals surface area (Å²) in [6.07, 6.45) is 2.12. The minimum absolute atomic E-state index is 0.349. The second-order valence-corrected chi connectivity index (χ2v) is 5.76. The van der Waals surface area contributed by atoms with Gasteiger partial charge in [-0.25, -0.2) is 0 Å². The lowest BCUT2D eigenvalue weighted by molar-refractivity contribution is 0.100. The number of primary amides is 1. The summed E-state index contributed by atoms with van der Waals surface area (Å²) in [6.45, 7) is 4.05. The summed E-state index contributed by atoms with van der Waals surface area (Å²) in [6, 6.07) is 1.86. The molecule has 0 aliphatic carbocycles. The average Bonchev–Trinajstić information content (AvgIpc) is 2.67. The summed E-state index contributed by atoms with van der Waals surface area (Å²) in [4.78, 5) is 12.0. The summed E-state index contributed by atoms with van der Waals surface area (Å²) in [7, 11) is 0. The highest BCUT2D eigenvalue weighted by molar-refractivity contribution is 7.98. The maximum absolute atomic E-state index is 10.9. The molecule has 0 fully saturated rings. The Balaban J connectivity index is 2.29. The van der Waals surface area contributed by atoms with Crippen LogP contribution < -0.4 is 11.1 Å². The minimum atomic E-state index is -0.349. The Morgan fingerprint density at radius 2 is 2.44 bits per heavy atom. The van der Waals surface area contributed by atoms with Gasteiger partial charge in [0.2, 0.25) is 5.91 Å². The lowest BCUT2D eigenvalue weighted by Gasteiger charge is -2.09. The van der Waals surface area contributed by atoms with Crippen molar-refractivity contribution in [1.29, 1.82) is 0 Å². The number of carbonyl (C=O) groups is 1. The SMILES string of the molecule is CSCC(C)CNCc1cc(C(N)=O)cs1. The maximum Gasteiger partial charge on any atom is 0.249 e. The van der Waals surface area contributed by atoms with Gasteiger partial charge in [0.25, 0.3) is 0 Å². The molecule has 0 radical (unpaired) electrons. The van der Waals surface area contributed by atoms with E-state index in [-0.39, 0.29) is 5.91 Å². The summed E-state index contributed by atoms with van der Waals surface area (Å²) >= 11 is 3.44. The van der Waals surface area contributed by atoms with E-state index in [0.29, 0.717) is 11.5 Å². The fraction of sp³-hybridized carbons (Fsp3) is 0.545. The molecule has 3 N–H and O–H groups in total. The summed E-state index contributed by atoms with van der Waals surface area (Å²) in [5, 5.41) is 5.19. The number of rotatable bonds is 7. The highest BCUT2D eigenvalue weighted by Crippen LogP contribution is 2.14. The molecular formula is C11H18N2OS2. The van der Waals surface area contributed by atoms with Crippen molar-refractivity contribution in [2.75, 3.05) is 18.6 Å². The number of amides is 1. The number of hydrogen-bond donors (Lipinski definition) is 2. The van der Waals surface area contributed by atoms with E-state index in [4.69, 9.17) is 5.73 Å². The van der Waals surface area contributed by atoms with Gasteiger partial charge in [0, 0.05) is 16.8 Å². The Bertz CT molecular complexity index is 338. The largest absolute Gasteiger partial charge is 0.366 e. The van der Waals surface area contributed by atoms with Crippen molar-refractivity contribution in [3.05, 3.63) is 21.9 Å². The van der Waals surface area contributed by atoms with Crippen LogP contribution in [0.5, 0.6) is 0 Å². The number of carbonyl (C=O) groups excluding carboxylic acids is 1. The molecule has 1 amide bonds. The van der Waals surface area contributed by atoms with Crippen LogP contribution in [0, 0.1) is 5.92 Å². The van der Waals surface area contributed by atoms with Gasteiger partial charge in [0.15, 0.2) is 0 Å². The van der Waals surface area contributed by atoms with Gasteiger partial charge >= 0.3 is 0 Å². The van der Waals surface area contributed by atoms with Gasteiger partial charge in [-0.05, 0) is 30.5 Å². The average molecular weight is 258 g/mol. The first kappa shape index (κ1) is 13.5. The molecule has 0 aliphatic heterocycles. The van der Waals surface area contributed by atoms with Crippen molar-refractivity contribution < 1.29 is 4.79 Å². The lowest BCUT2D eigenvalue weighted by atomic mass is 10.2. The van der Waals surface area contributed by atoms with Gasteiger partial charge in [-0.1, -0.05) is 6.92 Å². The Kier molecular flexibility index (Phi) is 5.87. The Morgan fingerprint density at radius 3 is 3.00 bits per heavy atom. The quantitative estimate of drug-likeness (QED) is 0.786. The molecule has 0 saturated heterocycles. The molecule has 1 unspecified atom stereocenters. The summed E-state index contributed by atoms with van der Waals surface area (Å²) < 4.78 is 0. The first-order chi connectivity index (χ1) is 7.63. The predicted molar refractivity (Wildman–Crippen MR) is 72.1 cm³/mol. The van der Waals surface area contributed by atoms with Gasteiger partial charge in [0.1, 0.15) is 0 Å². The third kappa shape index (κ3) is 4.55. The predicted octanol–water partition coefficient (Wildman–Crippen LogP) is 1.94. The van der Waals surface area contributed by atoms with Crippen molar-refractivity contribution in [3.63, 3.8) is 0 Å². The van der Waals surface area contributed by atoms with E-state index in [0.717, 1.165) is 18.0 Å². The zero-order chi connectivity index (χ0) is 12.0. The van der Waals surface area contributed by atoms with Gasteiger partial charge in [0.05, 0.1) is 5.56 Å². The van der Waals surface area contributed by atoms with E-state index < -0.39 is 0 Å². The first-order valence-corrected chi connectivity index (χ1v) is 7.47. The molecule has 0 spiro atoms. The third-order valence-corrected chi connectivity index (χ3v) is 4.02. The molecule has 0 aromatic carbocycles. The zero-order valence-corrected chi connectivity index (χ0v) is 11.3. The Morgan fingerprint density at radius 1 is 1.69 bits per heavy atom. The molecule has 1 aromatic rings. The maximum atomic E-state index is 10.9. The number of hydrogen-bond acceptors (Lipinski definition) is 4. The molecule has 3 nitrogen and oxygen atoms in total. The molecule has 90 valence electrons. The Labute approximate surface area is 105 Å². The number of nitrogens with one attached hydrogen (secondary N) is 1. The van der Waals surface area contributed by atoms with Gasteiger partial charge < -0.3 is 11.1 Å². The van der Waals surface area contributed by atoms with Crippen molar-refractivity contribution in [2.45, 2.75) is 13.5 Å². The molecule has 1 heterocycles. The second-order valence-electron chi connectivity index (χ2n) is 3.86. The molecule has 1 aromatic heterocycles. The van der Waals surface area contributed by atoms with Crippen molar-refractivity contribution >= 4 is 29.0 Å². The normalized spacial score (nSPS) is 12.6. The minimum Gasteiger partial charge on any atom is -0.366 e. The Hall–Kier alpha value is -0.520. The van der Waals surface area contributed by atoms with E-state index in [9.17, 15) is 4.79 Å². The standard InChI is InChI=1S/C11H18N2OS2/c1-8(6-15-2)4-13-5-10-3-9(7-16-10)11(12)14/h3,7-8,13H,4-6H2,1-2H3,(H2,12,14). The van der Waals surface area contributed by atoms with Crippen LogP contribution in [-0.4, -0.2) is 24.5 Å². The molecular weight excluding hydrogens is 240 g/mol. The molecule has 0 saturated carbocycles. The van der Waals surface area contributed by atoms with Crippen LogP contribution in [-0.2, 0) is 6.54 Å². The molecule has 0 aliphatic rings. The van der Waals surface area contributed by atoms with E-state index in [1.54, 1.807) is 11.3 Å². The van der Waals surface area contributed by atoms with Crippen LogP contribution in [0.4, 0.5) is 0 Å². The fourth-order valence-corrected chi connectivity index (χ4v) is 2.92. The van der Waals surface area contributed by atoms with Crippen molar-refractivity contribution in [1.82, 2.24) is 5.32 Å². The third-order valence-electron chi connectivity index (χ3n) is 2.18. The van der Waals surface area contributed by atoms with Crippen LogP contribution in [0.3, 0.4) is 0 Å². The van der Waals surface area contributed by atoms with E-state index in [2.05, 4.69) is 18.5 Å². The zero-order valence-electron chi connectivity index (χ0n) is 9.66. The van der Waals surface area contributed by atoms with Crippen molar-refractivity contribution in [3.8, 4) is 0 Å². The van der Waals surface area contributed by atoms with Crippen molar-refractivity contribution in [2.24, 2.45) is 11.7 Å². The fourth-order valence-electron chi connectivity index (χ4n) is 1.39. The van der Waals surface area contributed by atoms with E-state index in [1.807, 2.05) is 23.2 Å². The van der Waals surface area contributed by atoms with Gasteiger partial charge in [-0.15, -0.1) is 11.3 Å². The summed E-state index contributed by atoms with van der Waals surface area (Å²) in [5.74, 6) is 1.49. The highest BCUT2D eigenvalue weighted by atomic mass is 32.2. The molecule has 16 heavy (non-hydrogen) atoms. The lowest BCUT2D eigenvalue weighted by Crippen LogP contribution is -2.21. The monoisotopic (exact) mass is 258 g/mol. The van der Waals surface area contributed by atoms with Crippen LogP contribution in [0.1, 0.15) is 22.2 Å².